The summed E-state index contributed by atoms with van der Waals surface area (Å²) in [5.41, 5.74) is 7.44. The monoisotopic (exact) mass is 271 g/mol. The Labute approximate surface area is 117 Å². The second-order valence-electron chi connectivity index (χ2n) is 4.22. The Hall–Kier alpha value is -2.56. The van der Waals surface area contributed by atoms with E-state index >= 15 is 0 Å². The van der Waals surface area contributed by atoms with Crippen LogP contribution in [0.1, 0.15) is 23.0 Å². The molecular weight excluding hydrogens is 254 g/mol. The lowest BCUT2D eigenvalue weighted by Gasteiger charge is -2.10. The van der Waals surface area contributed by atoms with Crippen LogP contribution in [0.15, 0.2) is 42.6 Å². The van der Waals surface area contributed by atoms with E-state index in [1.807, 2.05) is 19.1 Å². The van der Waals surface area contributed by atoms with Crippen LogP contribution < -0.4 is 15.8 Å². The van der Waals surface area contributed by atoms with Crippen LogP contribution in [0.5, 0.6) is 5.75 Å². The van der Waals surface area contributed by atoms with Gasteiger partial charge in [0.05, 0.1) is 11.3 Å². The van der Waals surface area contributed by atoms with Crippen LogP contribution in [-0.2, 0) is 6.61 Å². The van der Waals surface area contributed by atoms with Crippen molar-refractivity contribution in [2.24, 2.45) is 5.73 Å². The fraction of sp³-hybridized carbons (Fsp3) is 0.200. The number of aromatic nitrogens is 1. The highest BCUT2D eigenvalue weighted by Crippen LogP contribution is 2.19. The zero-order valence-electron chi connectivity index (χ0n) is 11.3. The molecule has 1 amide bonds. The second-order valence-corrected chi connectivity index (χ2v) is 4.22. The number of anilines is 1. The van der Waals surface area contributed by atoms with Crippen molar-refractivity contribution in [3.63, 3.8) is 0 Å². The predicted molar refractivity (Wildman–Crippen MR) is 77.7 cm³/mol. The molecule has 0 saturated heterocycles. The average molecular weight is 271 g/mol. The Bertz CT molecular complexity index is 599. The molecule has 1 aromatic heterocycles. The summed E-state index contributed by atoms with van der Waals surface area (Å²) in [5.74, 6) is -0.0365. The molecule has 3 N–H and O–H groups in total. The Kier molecular flexibility index (Phi) is 4.55. The molecule has 0 unspecified atom stereocenters. The Morgan fingerprint density at radius 1 is 1.35 bits per heavy atom. The number of amides is 1. The summed E-state index contributed by atoms with van der Waals surface area (Å²) in [6.45, 7) is 3.15. The van der Waals surface area contributed by atoms with E-state index in [1.165, 1.54) is 0 Å². The second kappa shape index (κ2) is 6.56. The van der Waals surface area contributed by atoms with Gasteiger partial charge in [0.15, 0.2) is 0 Å². The summed E-state index contributed by atoms with van der Waals surface area (Å²) in [4.78, 5) is 15.5. The Morgan fingerprint density at radius 2 is 2.15 bits per heavy atom. The van der Waals surface area contributed by atoms with Crippen molar-refractivity contribution < 1.29 is 9.53 Å². The maximum Gasteiger partial charge on any atom is 0.252 e. The zero-order valence-corrected chi connectivity index (χ0v) is 11.3. The molecule has 1 heterocycles. The Balaban J connectivity index is 2.09. The van der Waals surface area contributed by atoms with Crippen LogP contribution in [0.4, 0.5) is 5.69 Å². The van der Waals surface area contributed by atoms with E-state index in [0.717, 1.165) is 17.9 Å². The number of rotatable bonds is 6. The number of nitrogens with two attached hydrogens (primary N) is 1. The molecule has 5 heteroatoms. The van der Waals surface area contributed by atoms with Gasteiger partial charge in [-0.1, -0.05) is 12.1 Å². The summed E-state index contributed by atoms with van der Waals surface area (Å²) in [5, 5.41) is 3.21. The first-order chi connectivity index (χ1) is 9.70. The molecule has 0 aliphatic carbocycles. The van der Waals surface area contributed by atoms with Gasteiger partial charge in [0.25, 0.3) is 5.91 Å². The van der Waals surface area contributed by atoms with Crippen LogP contribution >= 0.6 is 0 Å². The molecule has 0 aliphatic rings. The van der Waals surface area contributed by atoms with E-state index in [4.69, 9.17) is 10.5 Å². The maximum absolute atomic E-state index is 11.3. The first-order valence-electron chi connectivity index (χ1n) is 6.41. The molecule has 20 heavy (non-hydrogen) atoms. The number of para-hydroxylation sites is 1. The van der Waals surface area contributed by atoms with Gasteiger partial charge >= 0.3 is 0 Å². The van der Waals surface area contributed by atoms with E-state index in [2.05, 4.69) is 10.3 Å². The van der Waals surface area contributed by atoms with Gasteiger partial charge in [-0.05, 0) is 31.2 Å². The molecule has 0 radical (unpaired) electrons. The molecule has 2 aromatic rings. The minimum absolute atomic E-state index is 0.281. The lowest BCUT2D eigenvalue weighted by molar-refractivity contribution is 0.0996. The highest BCUT2D eigenvalue weighted by molar-refractivity contribution is 5.95. The van der Waals surface area contributed by atoms with E-state index < -0.39 is 5.91 Å². The summed E-state index contributed by atoms with van der Waals surface area (Å²) in [6.07, 6.45) is 1.72. The molecule has 0 bridgehead atoms. The normalized spacial score (nSPS) is 10.1. The van der Waals surface area contributed by atoms with Gasteiger partial charge in [-0.25, -0.2) is 0 Å². The quantitative estimate of drug-likeness (QED) is 0.844. The van der Waals surface area contributed by atoms with Crippen molar-refractivity contribution >= 4 is 11.6 Å². The zero-order chi connectivity index (χ0) is 14.4. The van der Waals surface area contributed by atoms with Crippen molar-refractivity contribution in [2.75, 3.05) is 11.9 Å². The van der Waals surface area contributed by atoms with Crippen molar-refractivity contribution in [2.45, 2.75) is 13.5 Å². The highest BCUT2D eigenvalue weighted by Gasteiger charge is 2.08. The van der Waals surface area contributed by atoms with Crippen LogP contribution in [-0.4, -0.2) is 17.4 Å². The molecule has 0 saturated carbocycles. The van der Waals surface area contributed by atoms with Gasteiger partial charge in [-0.3, -0.25) is 9.78 Å². The Morgan fingerprint density at radius 3 is 2.90 bits per heavy atom. The van der Waals surface area contributed by atoms with Crippen molar-refractivity contribution in [3.8, 4) is 5.75 Å². The minimum Gasteiger partial charge on any atom is -0.486 e. The molecule has 0 spiro atoms. The van der Waals surface area contributed by atoms with Crippen LogP contribution in [0.25, 0.3) is 0 Å². The molecule has 0 fully saturated rings. The largest absolute Gasteiger partial charge is 0.486 e. The highest BCUT2D eigenvalue weighted by atomic mass is 16.5. The standard InChI is InChI=1S/C15H17N3O2/c1-2-17-11-7-8-18-12(9-11)10-20-14-6-4-3-5-13(14)15(16)19/h3-9H,2,10H2,1H3,(H2,16,19)(H,17,18). The molecule has 104 valence electrons. The van der Waals surface area contributed by atoms with Crippen LogP contribution in [0.2, 0.25) is 0 Å². The van der Waals surface area contributed by atoms with Crippen molar-refractivity contribution in [3.05, 3.63) is 53.9 Å². The number of ether oxygens (including phenoxy) is 1. The lowest BCUT2D eigenvalue weighted by atomic mass is 10.2. The summed E-state index contributed by atoms with van der Waals surface area (Å²) >= 11 is 0. The number of benzene rings is 1. The molecular formula is C15H17N3O2. The molecule has 2 rings (SSSR count). The minimum atomic E-state index is -0.505. The SMILES string of the molecule is CCNc1ccnc(COc2ccccc2C(N)=O)c1. The predicted octanol–water partition coefficient (Wildman–Crippen LogP) is 2.19. The van der Waals surface area contributed by atoms with E-state index in [9.17, 15) is 4.79 Å². The molecule has 0 atom stereocenters. The molecule has 5 nitrogen and oxygen atoms in total. The maximum atomic E-state index is 11.3. The topological polar surface area (TPSA) is 77.2 Å². The van der Waals surface area contributed by atoms with Gasteiger partial charge in [0.2, 0.25) is 0 Å². The van der Waals surface area contributed by atoms with Gasteiger partial charge in [-0.15, -0.1) is 0 Å². The lowest BCUT2D eigenvalue weighted by Crippen LogP contribution is -2.13. The van der Waals surface area contributed by atoms with Gasteiger partial charge in [0.1, 0.15) is 12.4 Å². The number of carbonyl (C=O) groups is 1. The summed E-state index contributed by atoms with van der Waals surface area (Å²) in [7, 11) is 0. The first kappa shape index (κ1) is 13.9. The van der Waals surface area contributed by atoms with Crippen molar-refractivity contribution in [1.29, 1.82) is 0 Å². The number of nitrogens with one attached hydrogen (secondary N) is 1. The molecule has 0 aliphatic heterocycles. The van der Waals surface area contributed by atoms with Crippen LogP contribution in [0.3, 0.4) is 0 Å². The van der Waals surface area contributed by atoms with Gasteiger partial charge in [-0.2, -0.15) is 0 Å². The van der Waals surface area contributed by atoms with E-state index in [1.54, 1.807) is 30.5 Å². The summed E-state index contributed by atoms with van der Waals surface area (Å²) < 4.78 is 5.63. The number of carbonyl (C=O) groups excluding carboxylic acids is 1. The fourth-order valence-electron chi connectivity index (χ4n) is 1.82. The number of pyridine rings is 1. The molecule has 1 aromatic carbocycles. The third-order valence-corrected chi connectivity index (χ3v) is 2.73. The van der Waals surface area contributed by atoms with Crippen LogP contribution in [0, 0.1) is 0 Å². The number of hydrogen-bond donors (Lipinski definition) is 2. The first-order valence-corrected chi connectivity index (χ1v) is 6.41. The fourth-order valence-corrected chi connectivity index (χ4v) is 1.82. The average Bonchev–Trinajstić information content (AvgIpc) is 2.46. The van der Waals surface area contributed by atoms with E-state index in [0.29, 0.717) is 11.3 Å². The van der Waals surface area contributed by atoms with Gasteiger partial charge in [0, 0.05) is 18.4 Å². The number of nitrogens with zero attached hydrogens (tertiary/aromatic N) is 1. The van der Waals surface area contributed by atoms with Gasteiger partial charge < -0.3 is 15.8 Å². The summed E-state index contributed by atoms with van der Waals surface area (Å²) in [6, 6.07) is 10.7. The van der Waals surface area contributed by atoms with Crippen molar-refractivity contribution in [1.82, 2.24) is 4.98 Å². The number of primary amides is 1. The third kappa shape index (κ3) is 3.47. The van der Waals surface area contributed by atoms with E-state index in [-0.39, 0.29) is 6.61 Å². The third-order valence-electron chi connectivity index (χ3n) is 2.73. The smallest absolute Gasteiger partial charge is 0.252 e. The number of hydrogen-bond acceptors (Lipinski definition) is 4.